The van der Waals surface area contributed by atoms with Gasteiger partial charge in [-0.15, -0.1) is 0 Å². The first-order chi connectivity index (χ1) is 12.3. The Kier molecular flexibility index (Phi) is 3.83. The van der Waals surface area contributed by atoms with Crippen LogP contribution in [-0.4, -0.2) is 11.8 Å². The Labute approximate surface area is 156 Å². The first-order valence-corrected chi connectivity index (χ1v) is 9.54. The lowest BCUT2D eigenvalue weighted by Crippen LogP contribution is -2.29. The molecule has 4 rings (SSSR count). The number of fused-ring (bicyclic) bond motifs is 2. The maximum atomic E-state index is 6.46. The van der Waals surface area contributed by atoms with Crippen LogP contribution in [0.2, 0.25) is 0 Å². The lowest BCUT2D eigenvalue weighted by atomic mass is 9.77. The number of aryl methyl sites for hydroxylation is 2. The molecule has 2 nitrogen and oxygen atoms in total. The van der Waals surface area contributed by atoms with Crippen molar-refractivity contribution in [3.8, 4) is 5.75 Å². The first-order valence-electron chi connectivity index (χ1n) is 9.54. The topological polar surface area (TPSA) is 21.6 Å². The molecular formula is C24H27NO. The number of hydrogen-bond acceptors (Lipinski definition) is 2. The molecule has 0 aliphatic carbocycles. The van der Waals surface area contributed by atoms with E-state index < -0.39 is 0 Å². The van der Waals surface area contributed by atoms with Crippen molar-refractivity contribution >= 4 is 16.5 Å². The third-order valence-corrected chi connectivity index (χ3v) is 5.80. The summed E-state index contributed by atoms with van der Waals surface area (Å²) < 4.78 is 6.46. The van der Waals surface area contributed by atoms with Gasteiger partial charge in [-0.2, -0.15) is 0 Å². The highest BCUT2D eigenvalue weighted by molar-refractivity contribution is 6.21. The number of nitrogens with zero attached hydrogens (tertiary/aromatic N) is 1. The molecule has 2 atom stereocenters. The second-order valence-corrected chi connectivity index (χ2v) is 8.10. The lowest BCUT2D eigenvalue weighted by Gasteiger charge is -2.36. The molecule has 2 heteroatoms. The van der Waals surface area contributed by atoms with Gasteiger partial charge in [0.2, 0.25) is 0 Å². The van der Waals surface area contributed by atoms with E-state index in [0.29, 0.717) is 11.8 Å². The number of benzene rings is 2. The average Bonchev–Trinajstić information content (AvgIpc) is 2.57. The molecule has 2 heterocycles. The lowest BCUT2D eigenvalue weighted by molar-refractivity contribution is 0.422. The molecular weight excluding hydrogens is 318 g/mol. The molecule has 2 aromatic rings. The largest absolute Gasteiger partial charge is 0.456 e. The molecule has 134 valence electrons. The Morgan fingerprint density at radius 2 is 1.92 bits per heavy atom. The number of aliphatic imine (C=N–C) groups is 1. The highest BCUT2D eigenvalue weighted by Gasteiger charge is 2.37. The fourth-order valence-corrected chi connectivity index (χ4v) is 4.36. The third kappa shape index (κ3) is 2.28. The molecule has 2 unspecified atom stereocenters. The van der Waals surface area contributed by atoms with Crippen LogP contribution in [0.15, 0.2) is 47.2 Å². The minimum absolute atomic E-state index is 0.229. The summed E-state index contributed by atoms with van der Waals surface area (Å²) >= 11 is 0. The summed E-state index contributed by atoms with van der Waals surface area (Å²) in [6.07, 6.45) is 2.15. The summed E-state index contributed by atoms with van der Waals surface area (Å²) in [5.41, 5.74) is 6.96. The highest BCUT2D eigenvalue weighted by Crippen LogP contribution is 2.48. The Bertz CT molecular complexity index is 1010. The second-order valence-electron chi connectivity index (χ2n) is 8.10. The summed E-state index contributed by atoms with van der Waals surface area (Å²) in [6.45, 7) is 17.5. The van der Waals surface area contributed by atoms with Crippen molar-refractivity contribution in [2.45, 2.75) is 53.5 Å². The maximum absolute atomic E-state index is 6.46. The van der Waals surface area contributed by atoms with Gasteiger partial charge in [0.05, 0.1) is 11.8 Å². The standard InChI is InChI=1S/C24H27NO/c1-12(2)11-19-15(5)23-22-21(14(4)17(7)25-23)18-10-8-9-13(3)20(18)16(6)24(22)26-19/h8-12,14,17H,5H2,1-4,6-7H3/b19-11+. The van der Waals surface area contributed by atoms with Crippen LogP contribution >= 0.6 is 0 Å². The van der Waals surface area contributed by atoms with Crippen molar-refractivity contribution in [1.29, 1.82) is 0 Å². The van der Waals surface area contributed by atoms with E-state index in [-0.39, 0.29) is 6.04 Å². The normalized spacial score (nSPS) is 23.3. The minimum Gasteiger partial charge on any atom is -0.456 e. The van der Waals surface area contributed by atoms with E-state index in [2.05, 4.69) is 72.4 Å². The Morgan fingerprint density at radius 1 is 1.19 bits per heavy atom. The predicted molar refractivity (Wildman–Crippen MR) is 111 cm³/mol. The molecule has 0 N–H and O–H groups in total. The molecule has 0 amide bonds. The molecule has 0 saturated carbocycles. The van der Waals surface area contributed by atoms with Crippen LogP contribution in [-0.2, 0) is 0 Å². The Hall–Kier alpha value is -2.35. The number of ether oxygens (including phenoxy) is 1. The van der Waals surface area contributed by atoms with Gasteiger partial charge in [-0.1, -0.05) is 45.5 Å². The highest BCUT2D eigenvalue weighted by atomic mass is 16.5. The summed E-state index contributed by atoms with van der Waals surface area (Å²) in [6, 6.07) is 6.82. The zero-order valence-electron chi connectivity index (χ0n) is 16.6. The van der Waals surface area contributed by atoms with Gasteiger partial charge in [0.1, 0.15) is 11.5 Å². The van der Waals surface area contributed by atoms with E-state index in [1.165, 1.54) is 27.5 Å². The van der Waals surface area contributed by atoms with Crippen LogP contribution in [0.4, 0.5) is 0 Å². The zero-order valence-corrected chi connectivity index (χ0v) is 16.6. The molecule has 0 fully saturated rings. The molecule has 0 aromatic heterocycles. The van der Waals surface area contributed by atoms with E-state index in [1.54, 1.807) is 0 Å². The molecule has 0 bridgehead atoms. The molecule has 2 aliphatic heterocycles. The van der Waals surface area contributed by atoms with Gasteiger partial charge >= 0.3 is 0 Å². The summed E-state index contributed by atoms with van der Waals surface area (Å²) in [5.74, 6) is 2.57. The minimum atomic E-state index is 0.229. The van der Waals surface area contributed by atoms with Crippen molar-refractivity contribution in [1.82, 2.24) is 0 Å². The summed E-state index contributed by atoms with van der Waals surface area (Å²) in [4.78, 5) is 5.04. The number of allylic oxidation sites excluding steroid dienone is 2. The van der Waals surface area contributed by atoms with Crippen molar-refractivity contribution in [2.75, 3.05) is 0 Å². The Balaban J connectivity index is 2.15. The molecule has 2 aromatic carbocycles. The van der Waals surface area contributed by atoms with Gasteiger partial charge < -0.3 is 4.74 Å². The molecule has 0 spiro atoms. The fourth-order valence-electron chi connectivity index (χ4n) is 4.36. The van der Waals surface area contributed by atoms with Crippen molar-refractivity contribution in [3.05, 3.63) is 64.4 Å². The van der Waals surface area contributed by atoms with Crippen molar-refractivity contribution in [2.24, 2.45) is 10.9 Å². The predicted octanol–water partition coefficient (Wildman–Crippen LogP) is 6.24. The van der Waals surface area contributed by atoms with Crippen LogP contribution in [0.3, 0.4) is 0 Å². The van der Waals surface area contributed by atoms with E-state index in [0.717, 1.165) is 28.4 Å². The quantitative estimate of drug-likeness (QED) is 0.599. The molecule has 0 radical (unpaired) electrons. The van der Waals surface area contributed by atoms with Crippen LogP contribution in [0.1, 0.15) is 55.9 Å². The maximum Gasteiger partial charge on any atom is 0.140 e. The monoisotopic (exact) mass is 345 g/mol. The summed E-state index contributed by atoms with van der Waals surface area (Å²) in [5, 5.41) is 2.65. The average molecular weight is 345 g/mol. The fraction of sp³-hybridized carbons (Fsp3) is 0.375. The third-order valence-electron chi connectivity index (χ3n) is 5.80. The van der Waals surface area contributed by atoms with Crippen LogP contribution < -0.4 is 4.74 Å². The van der Waals surface area contributed by atoms with E-state index >= 15 is 0 Å². The number of rotatable bonds is 1. The van der Waals surface area contributed by atoms with Gasteiger partial charge in [0.25, 0.3) is 0 Å². The zero-order chi connectivity index (χ0) is 18.7. The van der Waals surface area contributed by atoms with E-state index in [4.69, 9.17) is 9.73 Å². The van der Waals surface area contributed by atoms with Crippen molar-refractivity contribution in [3.63, 3.8) is 0 Å². The SMILES string of the molecule is C=C1C2=NC(C)C(C)c3c2c(c(C)c2c(C)cccc32)O/C1=C/C(C)C. The van der Waals surface area contributed by atoms with E-state index in [9.17, 15) is 0 Å². The Morgan fingerprint density at radius 3 is 2.62 bits per heavy atom. The van der Waals surface area contributed by atoms with Crippen LogP contribution in [0.5, 0.6) is 5.75 Å². The van der Waals surface area contributed by atoms with Gasteiger partial charge in [-0.05, 0) is 54.7 Å². The molecule has 26 heavy (non-hydrogen) atoms. The van der Waals surface area contributed by atoms with E-state index in [1.807, 2.05) is 0 Å². The van der Waals surface area contributed by atoms with Gasteiger partial charge in [-0.25, -0.2) is 0 Å². The van der Waals surface area contributed by atoms with Gasteiger partial charge in [0, 0.05) is 22.6 Å². The van der Waals surface area contributed by atoms with Crippen molar-refractivity contribution < 1.29 is 4.74 Å². The number of hydrogen-bond donors (Lipinski definition) is 0. The molecule has 0 saturated heterocycles. The molecule has 2 aliphatic rings. The van der Waals surface area contributed by atoms with Gasteiger partial charge in [-0.3, -0.25) is 4.99 Å². The first kappa shape index (κ1) is 17.1. The second kappa shape index (κ2) is 5.84. The summed E-state index contributed by atoms with van der Waals surface area (Å²) in [7, 11) is 0. The smallest absolute Gasteiger partial charge is 0.140 e. The van der Waals surface area contributed by atoms with Gasteiger partial charge in [0.15, 0.2) is 0 Å². The van der Waals surface area contributed by atoms with Crippen LogP contribution in [0, 0.1) is 19.8 Å². The van der Waals surface area contributed by atoms with Crippen LogP contribution in [0.25, 0.3) is 10.8 Å².